The Bertz CT molecular complexity index is 1100. The molecule has 0 N–H and O–H groups in total. The smallest absolute Gasteiger partial charge is 0.419 e. The van der Waals surface area contributed by atoms with Gasteiger partial charge in [0.1, 0.15) is 5.60 Å². The van der Waals surface area contributed by atoms with E-state index in [1.165, 1.54) is 23.8 Å². The second kappa shape index (κ2) is 7.06. The van der Waals surface area contributed by atoms with Crippen molar-refractivity contribution in [3.05, 3.63) is 59.8 Å². The average molecular weight is 403 g/mol. The molecule has 3 aromatic rings. The highest BCUT2D eigenvalue weighted by atomic mass is 19.4. The van der Waals surface area contributed by atoms with Crippen molar-refractivity contribution in [1.29, 1.82) is 0 Å². The van der Waals surface area contributed by atoms with Crippen molar-refractivity contribution >= 4 is 22.8 Å². The fourth-order valence-electron chi connectivity index (χ4n) is 3.00. The summed E-state index contributed by atoms with van der Waals surface area (Å²) in [4.78, 5) is 24.5. The van der Waals surface area contributed by atoms with E-state index in [4.69, 9.17) is 4.74 Å². The van der Waals surface area contributed by atoms with Crippen molar-refractivity contribution in [2.24, 2.45) is 0 Å². The highest BCUT2D eigenvalue weighted by Crippen LogP contribution is 2.36. The van der Waals surface area contributed by atoms with Crippen molar-refractivity contribution < 1.29 is 27.5 Å². The lowest BCUT2D eigenvalue weighted by atomic mass is 10.0. The molecule has 0 aliphatic rings. The van der Waals surface area contributed by atoms with E-state index in [1.54, 1.807) is 45.0 Å². The first kappa shape index (κ1) is 20.6. The van der Waals surface area contributed by atoms with Gasteiger partial charge in [-0.25, -0.2) is 4.79 Å². The largest absolute Gasteiger partial charge is 0.443 e. The molecule has 0 spiro atoms. The van der Waals surface area contributed by atoms with Gasteiger partial charge in [0.15, 0.2) is 5.78 Å². The molecule has 1 heterocycles. The third kappa shape index (κ3) is 4.34. The van der Waals surface area contributed by atoms with E-state index < -0.39 is 23.4 Å². The van der Waals surface area contributed by atoms with Crippen LogP contribution in [0.5, 0.6) is 0 Å². The van der Waals surface area contributed by atoms with E-state index in [1.807, 2.05) is 0 Å². The summed E-state index contributed by atoms with van der Waals surface area (Å²) < 4.78 is 46.1. The van der Waals surface area contributed by atoms with E-state index in [2.05, 4.69) is 0 Å². The van der Waals surface area contributed by atoms with Crippen molar-refractivity contribution in [1.82, 2.24) is 4.57 Å². The van der Waals surface area contributed by atoms with Gasteiger partial charge in [0.2, 0.25) is 0 Å². The summed E-state index contributed by atoms with van der Waals surface area (Å²) in [6.07, 6.45) is -3.72. The molecule has 0 unspecified atom stereocenters. The molecule has 0 bridgehead atoms. The predicted octanol–water partition coefficient (Wildman–Crippen LogP) is 6.31. The summed E-state index contributed by atoms with van der Waals surface area (Å²) in [6, 6.07) is 9.64. The number of nitrogens with zero attached hydrogens (tertiary/aromatic N) is 1. The van der Waals surface area contributed by atoms with Crippen LogP contribution in [0.4, 0.5) is 18.0 Å². The van der Waals surface area contributed by atoms with Gasteiger partial charge < -0.3 is 4.74 Å². The van der Waals surface area contributed by atoms with Crippen LogP contribution in [0.3, 0.4) is 0 Å². The zero-order valence-corrected chi connectivity index (χ0v) is 16.4. The molecule has 152 valence electrons. The van der Waals surface area contributed by atoms with E-state index in [9.17, 15) is 22.8 Å². The first-order valence-electron chi connectivity index (χ1n) is 8.94. The van der Waals surface area contributed by atoms with Gasteiger partial charge in [-0.05, 0) is 51.5 Å². The van der Waals surface area contributed by atoms with E-state index in [0.29, 0.717) is 27.6 Å². The second-order valence-electron chi connectivity index (χ2n) is 7.76. The quantitative estimate of drug-likeness (QED) is 0.471. The minimum atomic E-state index is -4.48. The molecule has 7 heteroatoms. The van der Waals surface area contributed by atoms with E-state index >= 15 is 0 Å². The average Bonchev–Trinajstić information content (AvgIpc) is 2.98. The summed E-state index contributed by atoms with van der Waals surface area (Å²) in [6.45, 7) is 6.54. The standard InChI is InChI=1S/C22H20F3NO3/c1-13(27)14-8-9-17-18(15-6-5-7-16(10-15)22(23,24)25)12-26(19(17)11-14)20(28)29-21(2,3)4/h5-12H,1-4H3. The normalized spacial score (nSPS) is 12.2. The number of ether oxygens (including phenoxy) is 1. The Hall–Kier alpha value is -3.09. The Morgan fingerprint density at radius 1 is 1.00 bits per heavy atom. The topological polar surface area (TPSA) is 48.3 Å². The van der Waals surface area contributed by atoms with Crippen LogP contribution in [-0.4, -0.2) is 22.0 Å². The van der Waals surface area contributed by atoms with Crippen LogP contribution in [0.15, 0.2) is 48.7 Å². The summed E-state index contributed by atoms with van der Waals surface area (Å²) in [5.41, 5.74) is -0.0268. The fraction of sp³-hybridized carbons (Fsp3) is 0.273. The van der Waals surface area contributed by atoms with Crippen LogP contribution >= 0.6 is 0 Å². The fourth-order valence-corrected chi connectivity index (χ4v) is 3.00. The molecule has 0 amide bonds. The molecule has 3 rings (SSSR count). The van der Waals surface area contributed by atoms with Crippen LogP contribution in [-0.2, 0) is 10.9 Å². The first-order chi connectivity index (χ1) is 13.4. The number of aromatic nitrogens is 1. The lowest BCUT2D eigenvalue weighted by Crippen LogP contribution is -2.26. The Morgan fingerprint density at radius 2 is 1.69 bits per heavy atom. The molecule has 1 aromatic heterocycles. The van der Waals surface area contributed by atoms with Crippen LogP contribution < -0.4 is 0 Å². The number of hydrogen-bond donors (Lipinski definition) is 0. The van der Waals surface area contributed by atoms with Crippen LogP contribution in [0.25, 0.3) is 22.0 Å². The van der Waals surface area contributed by atoms with E-state index in [0.717, 1.165) is 12.1 Å². The monoisotopic (exact) mass is 403 g/mol. The number of ketones is 1. The van der Waals surface area contributed by atoms with Gasteiger partial charge in [-0.3, -0.25) is 9.36 Å². The molecule has 0 saturated heterocycles. The maximum atomic E-state index is 13.1. The molecule has 0 atom stereocenters. The van der Waals surface area contributed by atoms with Crippen LogP contribution in [0, 0.1) is 0 Å². The maximum Gasteiger partial charge on any atom is 0.419 e. The van der Waals surface area contributed by atoms with Crippen molar-refractivity contribution in [3.8, 4) is 11.1 Å². The second-order valence-corrected chi connectivity index (χ2v) is 7.76. The number of benzene rings is 2. The molecular formula is C22H20F3NO3. The molecule has 0 aliphatic carbocycles. The number of carbonyl (C=O) groups excluding carboxylic acids is 2. The third-order valence-corrected chi connectivity index (χ3v) is 4.30. The number of halogens is 3. The number of rotatable bonds is 2. The van der Waals surface area contributed by atoms with Crippen molar-refractivity contribution in [2.45, 2.75) is 39.5 Å². The Balaban J connectivity index is 2.24. The highest BCUT2D eigenvalue weighted by Gasteiger charge is 2.31. The summed E-state index contributed by atoms with van der Waals surface area (Å²) in [5.74, 6) is -0.190. The lowest BCUT2D eigenvalue weighted by molar-refractivity contribution is -0.137. The maximum absolute atomic E-state index is 13.1. The first-order valence-corrected chi connectivity index (χ1v) is 8.94. The van der Waals surface area contributed by atoms with Gasteiger partial charge in [0.25, 0.3) is 0 Å². The Labute approximate surface area is 165 Å². The number of carbonyl (C=O) groups is 2. The molecule has 2 aromatic carbocycles. The molecule has 0 aliphatic heterocycles. The molecular weight excluding hydrogens is 383 g/mol. The SMILES string of the molecule is CC(=O)c1ccc2c(-c3cccc(C(F)(F)F)c3)cn(C(=O)OC(C)(C)C)c2c1. The van der Waals surface area contributed by atoms with Crippen LogP contribution in [0.1, 0.15) is 43.6 Å². The Morgan fingerprint density at radius 3 is 2.28 bits per heavy atom. The van der Waals surface area contributed by atoms with Crippen LogP contribution in [0.2, 0.25) is 0 Å². The summed E-state index contributed by atoms with van der Waals surface area (Å²) in [5, 5.41) is 0.542. The minimum absolute atomic E-state index is 0.190. The number of alkyl halides is 3. The zero-order valence-electron chi connectivity index (χ0n) is 16.4. The van der Waals surface area contributed by atoms with Gasteiger partial charge in [-0.2, -0.15) is 13.2 Å². The number of fused-ring (bicyclic) bond motifs is 1. The van der Waals surface area contributed by atoms with Gasteiger partial charge in [-0.15, -0.1) is 0 Å². The predicted molar refractivity (Wildman–Crippen MR) is 104 cm³/mol. The van der Waals surface area contributed by atoms with Gasteiger partial charge in [0.05, 0.1) is 11.1 Å². The molecule has 0 radical (unpaired) electrons. The molecule has 4 nitrogen and oxygen atoms in total. The lowest BCUT2D eigenvalue weighted by Gasteiger charge is -2.19. The molecule has 0 fully saturated rings. The van der Waals surface area contributed by atoms with Gasteiger partial charge in [-0.1, -0.05) is 24.3 Å². The van der Waals surface area contributed by atoms with E-state index in [-0.39, 0.29) is 5.78 Å². The minimum Gasteiger partial charge on any atom is -0.443 e. The summed E-state index contributed by atoms with van der Waals surface area (Å²) >= 11 is 0. The third-order valence-electron chi connectivity index (χ3n) is 4.30. The number of Topliss-reactive ketones (excluding diaryl/α,β-unsaturated/α-hetero) is 1. The Kier molecular flexibility index (Phi) is 5.03. The highest BCUT2D eigenvalue weighted by molar-refractivity contribution is 6.04. The zero-order chi connectivity index (χ0) is 21.6. The van der Waals surface area contributed by atoms with Gasteiger partial charge in [0, 0.05) is 22.7 Å². The van der Waals surface area contributed by atoms with Crippen molar-refractivity contribution in [3.63, 3.8) is 0 Å². The number of hydrogen-bond acceptors (Lipinski definition) is 3. The van der Waals surface area contributed by atoms with Crippen molar-refractivity contribution in [2.75, 3.05) is 0 Å². The summed E-state index contributed by atoms with van der Waals surface area (Å²) in [7, 11) is 0. The molecule has 29 heavy (non-hydrogen) atoms. The van der Waals surface area contributed by atoms with Gasteiger partial charge >= 0.3 is 12.3 Å². The molecule has 0 saturated carbocycles.